The van der Waals surface area contributed by atoms with Crippen molar-refractivity contribution in [2.24, 2.45) is 7.05 Å². The first-order chi connectivity index (χ1) is 13.4. The van der Waals surface area contributed by atoms with Gasteiger partial charge in [-0.05, 0) is 42.3 Å². The van der Waals surface area contributed by atoms with E-state index in [1.54, 1.807) is 18.2 Å². The molecule has 1 aliphatic heterocycles. The molecule has 0 saturated carbocycles. The lowest BCUT2D eigenvalue weighted by atomic mass is 9.98. The van der Waals surface area contributed by atoms with Gasteiger partial charge in [-0.15, -0.1) is 0 Å². The monoisotopic (exact) mass is 420 g/mol. The Kier molecular flexibility index (Phi) is 7.93. The molecule has 4 rings (SSSR count). The lowest BCUT2D eigenvalue weighted by molar-refractivity contribution is -0.139. The van der Waals surface area contributed by atoms with E-state index in [0.29, 0.717) is 23.0 Å². The summed E-state index contributed by atoms with van der Waals surface area (Å²) >= 11 is 11.1. The van der Waals surface area contributed by atoms with Crippen molar-refractivity contribution in [2.45, 2.75) is 39.8 Å². The van der Waals surface area contributed by atoms with Gasteiger partial charge in [-0.3, -0.25) is 10.1 Å². The molecule has 1 atom stereocenters. The number of halogens is 2. The normalized spacial score (nSPS) is 15.0. The van der Waals surface area contributed by atoms with Gasteiger partial charge in [0.15, 0.2) is 0 Å². The molecule has 2 aromatic carbocycles. The average molecular weight is 421 g/mol. The van der Waals surface area contributed by atoms with Gasteiger partial charge in [0.25, 0.3) is 0 Å². The average Bonchev–Trinajstić information content (AvgIpc) is 2.95. The largest absolute Gasteiger partial charge is 0.480 e. The zero-order chi connectivity index (χ0) is 20.8. The predicted octanol–water partition coefficient (Wildman–Crippen LogP) is 5.61. The molecule has 2 heterocycles. The Hall–Kier alpha value is -2.01. The molecule has 0 fully saturated rings. The van der Waals surface area contributed by atoms with Gasteiger partial charge in [0.2, 0.25) is 0 Å². The quantitative estimate of drug-likeness (QED) is 0.537. The molecule has 1 aliphatic rings. The van der Waals surface area contributed by atoms with Crippen LogP contribution in [0.15, 0.2) is 42.5 Å². The highest BCUT2D eigenvalue weighted by molar-refractivity contribution is 6.34. The first kappa shape index (κ1) is 22.3. The number of carbonyl (C=O) groups is 1. The summed E-state index contributed by atoms with van der Waals surface area (Å²) in [6, 6.07) is 13.0. The Morgan fingerprint density at radius 2 is 1.79 bits per heavy atom. The molecular formula is C22H26Cl2N2O2. The number of fused-ring (bicyclic) bond motifs is 3. The fraction of sp³-hybridized carbons (Fsp3) is 0.318. The molecule has 0 spiro atoms. The number of benzene rings is 2. The highest BCUT2D eigenvalue weighted by atomic mass is 35.5. The number of aliphatic carboxylic acids is 1. The highest BCUT2D eigenvalue weighted by Gasteiger charge is 2.27. The molecular weight excluding hydrogens is 395 g/mol. The number of nitrogens with one attached hydrogen (secondary N) is 1. The van der Waals surface area contributed by atoms with Gasteiger partial charge in [0.05, 0.1) is 0 Å². The molecule has 0 amide bonds. The van der Waals surface area contributed by atoms with E-state index in [-0.39, 0.29) is 0 Å². The highest BCUT2D eigenvalue weighted by Crippen LogP contribution is 2.29. The zero-order valence-corrected chi connectivity index (χ0v) is 18.1. The van der Waals surface area contributed by atoms with Crippen molar-refractivity contribution < 1.29 is 9.90 Å². The van der Waals surface area contributed by atoms with E-state index < -0.39 is 12.0 Å². The SMILES string of the molecule is CC.Cc1ccc2c3c(n(C)c2c1)CNC(C(=O)O)C3.Clc1cccc(Cl)c1. The molecule has 0 saturated heterocycles. The van der Waals surface area contributed by atoms with Crippen LogP contribution >= 0.6 is 23.2 Å². The summed E-state index contributed by atoms with van der Waals surface area (Å²) in [5.74, 6) is -0.773. The fourth-order valence-corrected chi connectivity index (χ4v) is 3.70. The van der Waals surface area contributed by atoms with Crippen molar-refractivity contribution in [3.63, 3.8) is 0 Å². The number of aromatic nitrogens is 1. The minimum atomic E-state index is -0.773. The van der Waals surface area contributed by atoms with Crippen molar-refractivity contribution >= 4 is 40.1 Å². The summed E-state index contributed by atoms with van der Waals surface area (Å²) in [6.07, 6.45) is 0.561. The van der Waals surface area contributed by atoms with Crippen molar-refractivity contribution in [1.82, 2.24) is 9.88 Å². The van der Waals surface area contributed by atoms with Crippen molar-refractivity contribution in [1.29, 1.82) is 0 Å². The summed E-state index contributed by atoms with van der Waals surface area (Å²) < 4.78 is 2.17. The zero-order valence-electron chi connectivity index (χ0n) is 16.6. The lowest BCUT2D eigenvalue weighted by Gasteiger charge is -2.21. The number of carboxylic acids is 1. The van der Waals surface area contributed by atoms with Gasteiger partial charge in [-0.25, -0.2) is 0 Å². The second kappa shape index (κ2) is 9.97. The third kappa shape index (κ3) is 5.07. The second-order valence-electron chi connectivity index (χ2n) is 6.42. The summed E-state index contributed by atoms with van der Waals surface area (Å²) in [5.41, 5.74) is 4.79. The van der Waals surface area contributed by atoms with Crippen LogP contribution in [0.1, 0.15) is 30.7 Å². The summed E-state index contributed by atoms with van der Waals surface area (Å²) in [6.45, 7) is 6.69. The Bertz CT molecular complexity index is 949. The van der Waals surface area contributed by atoms with Gasteiger partial charge in [0.1, 0.15) is 6.04 Å². The first-order valence-electron chi connectivity index (χ1n) is 9.31. The number of carboxylic acid groups (broad SMARTS) is 1. The molecule has 4 nitrogen and oxygen atoms in total. The standard InChI is InChI=1S/C14H16N2O2.C6H4Cl2.C2H6/c1-8-3-4-9-10-6-11(14(17)18)15-7-13(10)16(2)12(9)5-8;7-5-2-1-3-6(8)4-5;1-2/h3-5,11,15H,6-7H2,1-2H3,(H,17,18);1-4H;1-2H3. The molecule has 0 radical (unpaired) electrons. The van der Waals surface area contributed by atoms with Crippen molar-refractivity contribution in [3.05, 3.63) is 69.3 Å². The first-order valence-corrected chi connectivity index (χ1v) is 10.1. The van der Waals surface area contributed by atoms with Crippen LogP contribution in [-0.4, -0.2) is 21.7 Å². The van der Waals surface area contributed by atoms with E-state index in [4.69, 9.17) is 28.3 Å². The number of hydrogen-bond acceptors (Lipinski definition) is 2. The molecule has 3 aromatic rings. The predicted molar refractivity (Wildman–Crippen MR) is 117 cm³/mol. The molecule has 0 bridgehead atoms. The number of nitrogens with zero attached hydrogens (tertiary/aromatic N) is 1. The number of rotatable bonds is 1. The molecule has 2 N–H and O–H groups in total. The van der Waals surface area contributed by atoms with Crippen LogP contribution < -0.4 is 5.32 Å². The third-order valence-electron chi connectivity index (χ3n) is 4.60. The van der Waals surface area contributed by atoms with E-state index in [9.17, 15) is 4.79 Å². The molecule has 1 unspecified atom stereocenters. The Labute approximate surface area is 176 Å². The molecule has 150 valence electrons. The summed E-state index contributed by atoms with van der Waals surface area (Å²) in [7, 11) is 2.05. The van der Waals surface area contributed by atoms with Crippen LogP contribution in [0, 0.1) is 6.92 Å². The van der Waals surface area contributed by atoms with Crippen LogP contribution in [0.3, 0.4) is 0 Å². The van der Waals surface area contributed by atoms with E-state index in [0.717, 1.165) is 0 Å². The van der Waals surface area contributed by atoms with Crippen LogP contribution in [0.5, 0.6) is 0 Å². The van der Waals surface area contributed by atoms with Gasteiger partial charge < -0.3 is 9.67 Å². The Morgan fingerprint density at radius 3 is 2.32 bits per heavy atom. The molecule has 1 aromatic heterocycles. The van der Waals surface area contributed by atoms with Crippen molar-refractivity contribution in [3.8, 4) is 0 Å². The number of aryl methyl sites for hydroxylation is 2. The van der Waals surface area contributed by atoms with Crippen LogP contribution in [0.2, 0.25) is 10.0 Å². The number of hydrogen-bond donors (Lipinski definition) is 2. The molecule has 0 aliphatic carbocycles. The Balaban J connectivity index is 0.000000236. The molecule has 28 heavy (non-hydrogen) atoms. The lowest BCUT2D eigenvalue weighted by Crippen LogP contribution is -2.41. The summed E-state index contributed by atoms with van der Waals surface area (Å²) in [5, 5.41) is 14.7. The maximum Gasteiger partial charge on any atom is 0.321 e. The van der Waals surface area contributed by atoms with Gasteiger partial charge in [0, 0.05) is 46.7 Å². The van der Waals surface area contributed by atoms with Gasteiger partial charge in [-0.2, -0.15) is 0 Å². The van der Waals surface area contributed by atoms with Gasteiger partial charge in [-0.1, -0.05) is 55.2 Å². The van der Waals surface area contributed by atoms with Gasteiger partial charge >= 0.3 is 5.97 Å². The third-order valence-corrected chi connectivity index (χ3v) is 5.07. The van der Waals surface area contributed by atoms with E-state index in [1.807, 2.05) is 27.0 Å². The summed E-state index contributed by atoms with van der Waals surface area (Å²) in [4.78, 5) is 11.1. The smallest absolute Gasteiger partial charge is 0.321 e. The second-order valence-corrected chi connectivity index (χ2v) is 7.29. The van der Waals surface area contributed by atoms with Crippen LogP contribution in [0.25, 0.3) is 10.9 Å². The Morgan fingerprint density at radius 1 is 1.14 bits per heavy atom. The van der Waals surface area contributed by atoms with E-state index >= 15 is 0 Å². The van der Waals surface area contributed by atoms with E-state index in [1.165, 1.54) is 27.7 Å². The maximum absolute atomic E-state index is 11.1. The fourth-order valence-electron chi connectivity index (χ4n) is 3.26. The van der Waals surface area contributed by atoms with Crippen LogP contribution in [-0.2, 0) is 24.8 Å². The van der Waals surface area contributed by atoms with E-state index in [2.05, 4.69) is 35.0 Å². The minimum Gasteiger partial charge on any atom is -0.480 e. The molecule has 6 heteroatoms. The van der Waals surface area contributed by atoms with Crippen LogP contribution in [0.4, 0.5) is 0 Å². The topological polar surface area (TPSA) is 54.3 Å². The maximum atomic E-state index is 11.1. The minimum absolute atomic E-state index is 0.468. The van der Waals surface area contributed by atoms with Crippen molar-refractivity contribution in [2.75, 3.05) is 0 Å².